The van der Waals surface area contributed by atoms with Gasteiger partial charge in [0.2, 0.25) is 5.88 Å². The molecule has 3 N–H and O–H groups in total. The van der Waals surface area contributed by atoms with Crippen molar-refractivity contribution in [2.45, 2.75) is 25.0 Å². The third-order valence-electron chi connectivity index (χ3n) is 6.48. The lowest BCUT2D eigenvalue weighted by Crippen LogP contribution is -2.63. The van der Waals surface area contributed by atoms with Gasteiger partial charge >= 0.3 is 12.0 Å². The highest BCUT2D eigenvalue weighted by Crippen LogP contribution is 2.43. The molecular weight excluding hydrogens is 528 g/mol. The molecule has 0 unspecified atom stereocenters. The van der Waals surface area contributed by atoms with E-state index >= 15 is 0 Å². The summed E-state index contributed by atoms with van der Waals surface area (Å²) in [7, 11) is 5.95. The quantitative estimate of drug-likeness (QED) is 0.463. The second kappa shape index (κ2) is 11.2. The van der Waals surface area contributed by atoms with E-state index in [0.717, 1.165) is 16.7 Å². The summed E-state index contributed by atoms with van der Waals surface area (Å²) in [6.45, 7) is 1.76. The molecule has 0 aromatic heterocycles. The van der Waals surface area contributed by atoms with E-state index in [9.17, 15) is 19.6 Å². The summed E-state index contributed by atoms with van der Waals surface area (Å²) in [5, 5.41) is 13.4. The number of imide groups is 1. The zero-order chi connectivity index (χ0) is 28.4. The van der Waals surface area contributed by atoms with Crippen LogP contribution in [0.1, 0.15) is 18.4 Å². The van der Waals surface area contributed by atoms with E-state index in [2.05, 4.69) is 16.4 Å². The number of likely N-dealkylation sites (N-methyl/N-ethyl adjacent to an activating group) is 2. The van der Waals surface area contributed by atoms with Crippen LogP contribution in [0, 0.1) is 11.3 Å². The van der Waals surface area contributed by atoms with Crippen LogP contribution in [0.15, 0.2) is 46.0 Å². The molecule has 0 spiro atoms. The fourth-order valence-electron chi connectivity index (χ4n) is 4.53. The average Bonchev–Trinajstić information content (AvgIpc) is 3.37. The van der Waals surface area contributed by atoms with Gasteiger partial charge in [0.05, 0.1) is 38.1 Å². The number of nitrogens with two attached hydrogens (primary N) is 1. The number of ether oxygens (including phenoxy) is 4. The maximum absolute atomic E-state index is 13.3. The SMILES string of the molecule is CCOC(=O)C1=C(CSC2=N[C@@H]3[C@H](N2)C(=O)N(C)C(=O)N3C)OC(N)=C(C#N)[C@@H]1c1ccc(OC)c(OC)c1. The number of amidine groups is 1. The number of hydrogen-bond donors (Lipinski definition) is 2. The number of nitriles is 1. The number of nitrogens with zero attached hydrogens (tertiary/aromatic N) is 4. The second-order valence-electron chi connectivity index (χ2n) is 8.65. The Morgan fingerprint density at radius 1 is 1.26 bits per heavy atom. The summed E-state index contributed by atoms with van der Waals surface area (Å²) in [5.41, 5.74) is 6.83. The highest BCUT2D eigenvalue weighted by Gasteiger charge is 2.47. The Kier molecular flexibility index (Phi) is 7.91. The van der Waals surface area contributed by atoms with Gasteiger partial charge in [0, 0.05) is 14.1 Å². The van der Waals surface area contributed by atoms with Crippen LogP contribution >= 0.6 is 11.8 Å². The predicted octanol–water partition coefficient (Wildman–Crippen LogP) is 1.24. The standard InChI is InChI=1S/C25H28N6O7S/c1-6-37-23(33)18-16(11-39-24-28-19-21(29-24)30(2)25(34)31(3)22(19)32)38-20(27)13(10-26)17(18)12-7-8-14(35-4)15(9-12)36-5/h7-9,17,19,21H,6,11,27H2,1-5H3,(H,28,29)/t17-,19-,21-/m0/s1. The molecule has 3 aliphatic heterocycles. The molecule has 0 bridgehead atoms. The number of aliphatic imine (C=N–C) groups is 1. The maximum atomic E-state index is 13.3. The molecule has 3 aliphatic rings. The van der Waals surface area contributed by atoms with Gasteiger partial charge in [0.25, 0.3) is 5.91 Å². The van der Waals surface area contributed by atoms with Crippen molar-refractivity contribution >= 4 is 34.8 Å². The summed E-state index contributed by atoms with van der Waals surface area (Å²) >= 11 is 1.16. The van der Waals surface area contributed by atoms with Gasteiger partial charge < -0.3 is 34.9 Å². The van der Waals surface area contributed by atoms with Gasteiger partial charge in [0.15, 0.2) is 22.8 Å². The Morgan fingerprint density at radius 2 is 1.97 bits per heavy atom. The molecule has 1 aromatic carbocycles. The van der Waals surface area contributed by atoms with Crippen molar-refractivity contribution < 1.29 is 33.3 Å². The number of benzene rings is 1. The zero-order valence-corrected chi connectivity index (χ0v) is 22.8. The van der Waals surface area contributed by atoms with Gasteiger partial charge in [-0.2, -0.15) is 5.26 Å². The molecule has 14 heteroatoms. The molecule has 4 rings (SSSR count). The Hall–Kier alpha value is -4.38. The van der Waals surface area contributed by atoms with E-state index in [-0.39, 0.29) is 35.1 Å². The molecule has 3 amide bonds. The minimum Gasteiger partial charge on any atom is -0.493 e. The van der Waals surface area contributed by atoms with E-state index in [4.69, 9.17) is 24.7 Å². The predicted molar refractivity (Wildman–Crippen MR) is 140 cm³/mol. The number of nitrogens with one attached hydrogen (secondary N) is 1. The first-order valence-corrected chi connectivity index (χ1v) is 12.9. The largest absolute Gasteiger partial charge is 0.493 e. The molecule has 206 valence electrons. The monoisotopic (exact) mass is 556 g/mol. The number of esters is 1. The third-order valence-corrected chi connectivity index (χ3v) is 7.39. The first kappa shape index (κ1) is 27.6. The van der Waals surface area contributed by atoms with Crippen molar-refractivity contribution in [1.82, 2.24) is 15.1 Å². The maximum Gasteiger partial charge on any atom is 0.338 e. The van der Waals surface area contributed by atoms with Gasteiger partial charge in [-0.1, -0.05) is 17.8 Å². The summed E-state index contributed by atoms with van der Waals surface area (Å²) in [6.07, 6.45) is -0.704. The van der Waals surface area contributed by atoms with Gasteiger partial charge in [-0.25, -0.2) is 14.6 Å². The highest BCUT2D eigenvalue weighted by atomic mass is 32.2. The number of hydrogen-bond acceptors (Lipinski definition) is 12. The number of rotatable bonds is 7. The van der Waals surface area contributed by atoms with Crippen molar-refractivity contribution in [3.63, 3.8) is 0 Å². The van der Waals surface area contributed by atoms with Crippen LogP contribution in [0.4, 0.5) is 4.79 Å². The third kappa shape index (κ3) is 4.92. The number of urea groups is 1. The average molecular weight is 557 g/mol. The molecule has 39 heavy (non-hydrogen) atoms. The molecule has 0 saturated carbocycles. The van der Waals surface area contributed by atoms with Crippen LogP contribution in [-0.2, 0) is 19.1 Å². The number of carbonyl (C=O) groups excluding carboxylic acids is 3. The van der Waals surface area contributed by atoms with Gasteiger partial charge in [0.1, 0.15) is 23.4 Å². The van der Waals surface area contributed by atoms with E-state index in [1.54, 1.807) is 32.2 Å². The molecular formula is C25H28N6O7S. The van der Waals surface area contributed by atoms with E-state index in [0.29, 0.717) is 22.2 Å². The number of carbonyl (C=O) groups is 3. The molecule has 3 heterocycles. The fraction of sp³-hybridized carbons (Fsp3) is 0.400. The molecule has 3 atom stereocenters. The first-order valence-electron chi connectivity index (χ1n) is 11.9. The topological polar surface area (TPSA) is 169 Å². The first-order chi connectivity index (χ1) is 18.7. The van der Waals surface area contributed by atoms with Crippen molar-refractivity contribution in [3.05, 3.63) is 46.6 Å². The van der Waals surface area contributed by atoms with Crippen LogP contribution < -0.4 is 20.5 Å². The lowest BCUT2D eigenvalue weighted by molar-refractivity contribution is -0.139. The minimum atomic E-state index is -0.904. The number of amides is 3. The molecule has 13 nitrogen and oxygen atoms in total. The van der Waals surface area contributed by atoms with Crippen LogP contribution in [0.25, 0.3) is 0 Å². The number of fused-ring (bicyclic) bond motifs is 1. The molecule has 0 aliphatic carbocycles. The van der Waals surface area contributed by atoms with Gasteiger partial charge in [-0.05, 0) is 24.6 Å². The van der Waals surface area contributed by atoms with E-state index in [1.807, 2.05) is 0 Å². The Labute approximate surface area is 229 Å². The highest BCUT2D eigenvalue weighted by molar-refractivity contribution is 8.14. The summed E-state index contributed by atoms with van der Waals surface area (Å²) in [4.78, 5) is 45.1. The zero-order valence-electron chi connectivity index (χ0n) is 22.0. The number of methoxy groups -OCH3 is 2. The van der Waals surface area contributed by atoms with Gasteiger partial charge in [-0.3, -0.25) is 9.69 Å². The summed E-state index contributed by atoms with van der Waals surface area (Å²) < 4.78 is 21.9. The lowest BCUT2D eigenvalue weighted by atomic mass is 9.83. The summed E-state index contributed by atoms with van der Waals surface area (Å²) in [6, 6.07) is 5.89. The van der Waals surface area contributed by atoms with Crippen molar-refractivity contribution in [2.24, 2.45) is 10.7 Å². The lowest BCUT2D eigenvalue weighted by Gasteiger charge is -2.36. The van der Waals surface area contributed by atoms with Crippen LogP contribution in [-0.4, -0.2) is 85.8 Å². The van der Waals surface area contributed by atoms with Crippen molar-refractivity contribution in [2.75, 3.05) is 40.7 Å². The number of allylic oxidation sites excluding steroid dienone is 1. The minimum absolute atomic E-state index is 0.0372. The second-order valence-corrected chi connectivity index (χ2v) is 9.61. The molecule has 1 fully saturated rings. The smallest absolute Gasteiger partial charge is 0.338 e. The number of thioether (sulfide) groups is 1. The Balaban J connectivity index is 1.71. The van der Waals surface area contributed by atoms with Crippen molar-refractivity contribution in [1.29, 1.82) is 5.26 Å². The van der Waals surface area contributed by atoms with Crippen LogP contribution in [0.2, 0.25) is 0 Å². The Morgan fingerprint density at radius 3 is 2.62 bits per heavy atom. The summed E-state index contributed by atoms with van der Waals surface area (Å²) in [5.74, 6) is -1.04. The van der Waals surface area contributed by atoms with E-state index < -0.39 is 36.0 Å². The van der Waals surface area contributed by atoms with Gasteiger partial charge in [-0.15, -0.1) is 0 Å². The molecule has 1 aromatic rings. The van der Waals surface area contributed by atoms with Crippen LogP contribution in [0.3, 0.4) is 0 Å². The Bertz CT molecular complexity index is 1350. The fourth-order valence-corrected chi connectivity index (χ4v) is 5.40. The molecule has 0 radical (unpaired) electrons. The van der Waals surface area contributed by atoms with Crippen molar-refractivity contribution in [3.8, 4) is 17.6 Å². The van der Waals surface area contributed by atoms with Crippen LogP contribution in [0.5, 0.6) is 11.5 Å². The molecule has 1 saturated heterocycles. The normalized spacial score (nSPS) is 22.6. The van der Waals surface area contributed by atoms with E-state index in [1.165, 1.54) is 26.2 Å².